The number of carbonyl (C=O) groups excluding carboxylic acids is 1. The molecule has 2 rings (SSSR count). The van der Waals surface area contributed by atoms with E-state index in [-0.39, 0.29) is 12.6 Å². The smallest absolute Gasteiger partial charge is 0.319 e. The zero-order chi connectivity index (χ0) is 17.0. The molecule has 0 saturated carbocycles. The van der Waals surface area contributed by atoms with E-state index in [4.69, 9.17) is 5.11 Å². The van der Waals surface area contributed by atoms with Crippen LogP contribution in [-0.4, -0.2) is 33.1 Å². The second-order valence-corrected chi connectivity index (χ2v) is 6.44. The van der Waals surface area contributed by atoms with Crippen LogP contribution in [0.3, 0.4) is 0 Å². The molecule has 2 amide bonds. The van der Waals surface area contributed by atoms with Crippen molar-refractivity contribution in [2.45, 2.75) is 52.1 Å². The van der Waals surface area contributed by atoms with Crippen LogP contribution in [0.4, 0.5) is 10.5 Å². The molecule has 0 bridgehead atoms. The molecule has 6 nitrogen and oxygen atoms in total. The first-order chi connectivity index (χ1) is 10.9. The lowest BCUT2D eigenvalue weighted by Gasteiger charge is -2.29. The van der Waals surface area contributed by atoms with E-state index in [1.165, 1.54) is 0 Å². The lowest BCUT2D eigenvalue weighted by Crippen LogP contribution is -2.48. The van der Waals surface area contributed by atoms with Gasteiger partial charge in [-0.2, -0.15) is 5.10 Å². The third kappa shape index (κ3) is 4.22. The first kappa shape index (κ1) is 17.3. The van der Waals surface area contributed by atoms with Crippen molar-refractivity contribution < 1.29 is 9.90 Å². The minimum atomic E-state index is -0.411. The third-order valence-corrected chi connectivity index (χ3v) is 4.17. The normalized spacial score (nSPS) is 14.0. The first-order valence-electron chi connectivity index (χ1n) is 8.06. The summed E-state index contributed by atoms with van der Waals surface area (Å²) in [5.74, 6) is 0. The number of rotatable bonds is 6. The number of aliphatic hydroxyl groups is 1. The Morgan fingerprint density at radius 3 is 2.78 bits per heavy atom. The number of anilines is 1. The van der Waals surface area contributed by atoms with Gasteiger partial charge in [-0.05, 0) is 51.8 Å². The number of aliphatic hydroxyl groups excluding tert-OH is 1. The number of amides is 2. The molecular weight excluding hydrogens is 292 g/mol. The van der Waals surface area contributed by atoms with Crippen LogP contribution < -0.4 is 10.6 Å². The van der Waals surface area contributed by atoms with Gasteiger partial charge in [0.15, 0.2) is 0 Å². The van der Waals surface area contributed by atoms with Gasteiger partial charge in [0.2, 0.25) is 0 Å². The highest BCUT2D eigenvalue weighted by Crippen LogP contribution is 2.20. The molecule has 3 N–H and O–H groups in total. The molecule has 0 aliphatic heterocycles. The zero-order valence-corrected chi connectivity index (χ0v) is 14.3. The van der Waals surface area contributed by atoms with Crippen molar-refractivity contribution >= 4 is 22.6 Å². The fourth-order valence-electron chi connectivity index (χ4n) is 2.40. The summed E-state index contributed by atoms with van der Waals surface area (Å²) in [5.41, 5.74) is 1.22. The van der Waals surface area contributed by atoms with Gasteiger partial charge in [0.1, 0.15) is 0 Å². The maximum absolute atomic E-state index is 12.2. The van der Waals surface area contributed by atoms with Gasteiger partial charge < -0.3 is 15.7 Å². The summed E-state index contributed by atoms with van der Waals surface area (Å²) in [6, 6.07) is 5.69. The molecule has 1 aromatic carbocycles. The fraction of sp³-hybridized carbons (Fsp3) is 0.529. The first-order valence-corrected chi connectivity index (χ1v) is 8.06. The maximum atomic E-state index is 12.2. The monoisotopic (exact) mass is 318 g/mol. The Labute approximate surface area is 136 Å². The van der Waals surface area contributed by atoms with E-state index in [2.05, 4.69) is 29.6 Å². The molecule has 0 spiro atoms. The van der Waals surface area contributed by atoms with Gasteiger partial charge in [-0.3, -0.25) is 4.68 Å². The predicted molar refractivity (Wildman–Crippen MR) is 92.7 cm³/mol. The highest BCUT2D eigenvalue weighted by atomic mass is 16.3. The summed E-state index contributed by atoms with van der Waals surface area (Å²) >= 11 is 0. The van der Waals surface area contributed by atoms with Crippen LogP contribution in [0, 0.1) is 0 Å². The standard InChI is InChI=1S/C17H26N4O2/c1-5-17(4,8-9-22)19-16(23)18-14-6-7-15-13(10-14)11-21(20-15)12(2)3/h6-7,10-12,22H,5,8-9H2,1-4H3,(H2,18,19,23). The van der Waals surface area contributed by atoms with Gasteiger partial charge >= 0.3 is 6.03 Å². The highest BCUT2D eigenvalue weighted by molar-refractivity contribution is 5.92. The fourth-order valence-corrected chi connectivity index (χ4v) is 2.40. The Kier molecular flexibility index (Phi) is 5.26. The number of nitrogens with one attached hydrogen (secondary N) is 2. The Morgan fingerprint density at radius 1 is 1.43 bits per heavy atom. The van der Waals surface area contributed by atoms with Crippen LogP contribution in [0.2, 0.25) is 0 Å². The average Bonchev–Trinajstić information content (AvgIpc) is 2.90. The molecule has 1 unspecified atom stereocenters. The number of fused-ring (bicyclic) bond motifs is 1. The van der Waals surface area contributed by atoms with Crippen LogP contribution in [0.5, 0.6) is 0 Å². The van der Waals surface area contributed by atoms with Gasteiger partial charge in [0.05, 0.1) is 5.52 Å². The Hall–Kier alpha value is -2.08. The van der Waals surface area contributed by atoms with Gasteiger partial charge in [0, 0.05) is 35.5 Å². The van der Waals surface area contributed by atoms with E-state index in [0.29, 0.717) is 12.5 Å². The summed E-state index contributed by atoms with van der Waals surface area (Å²) < 4.78 is 1.91. The number of carbonyl (C=O) groups is 1. The topological polar surface area (TPSA) is 79.2 Å². The number of benzene rings is 1. The van der Waals surface area contributed by atoms with Crippen LogP contribution in [-0.2, 0) is 0 Å². The molecule has 0 radical (unpaired) electrons. The minimum absolute atomic E-state index is 0.0466. The number of hydrogen-bond acceptors (Lipinski definition) is 3. The van der Waals surface area contributed by atoms with E-state index >= 15 is 0 Å². The second kappa shape index (κ2) is 7.00. The number of urea groups is 1. The second-order valence-electron chi connectivity index (χ2n) is 6.44. The quantitative estimate of drug-likeness (QED) is 0.764. The number of hydrogen-bond donors (Lipinski definition) is 3. The SMILES string of the molecule is CCC(C)(CCO)NC(=O)Nc1ccc2nn(C(C)C)cc2c1. The van der Waals surface area contributed by atoms with Crippen molar-refractivity contribution in [1.29, 1.82) is 0 Å². The van der Waals surface area contributed by atoms with Crippen LogP contribution in [0.25, 0.3) is 10.9 Å². The third-order valence-electron chi connectivity index (χ3n) is 4.17. The van der Waals surface area contributed by atoms with E-state index in [9.17, 15) is 4.79 Å². The largest absolute Gasteiger partial charge is 0.396 e. The predicted octanol–water partition coefficient (Wildman–Crippen LogP) is 3.29. The average molecular weight is 318 g/mol. The van der Waals surface area contributed by atoms with E-state index in [0.717, 1.165) is 23.0 Å². The van der Waals surface area contributed by atoms with Gasteiger partial charge in [0.25, 0.3) is 0 Å². The minimum Gasteiger partial charge on any atom is -0.396 e. The van der Waals surface area contributed by atoms with Crippen molar-refractivity contribution in [3.8, 4) is 0 Å². The zero-order valence-electron chi connectivity index (χ0n) is 14.3. The summed E-state index contributed by atoms with van der Waals surface area (Å²) in [7, 11) is 0. The molecule has 1 aromatic heterocycles. The molecule has 0 fully saturated rings. The van der Waals surface area contributed by atoms with Crippen molar-refractivity contribution in [1.82, 2.24) is 15.1 Å². The number of nitrogens with zero attached hydrogens (tertiary/aromatic N) is 2. The molecule has 0 saturated heterocycles. The van der Waals surface area contributed by atoms with Gasteiger partial charge in [-0.25, -0.2) is 4.79 Å². The number of aromatic nitrogens is 2. The van der Waals surface area contributed by atoms with Crippen molar-refractivity contribution in [2.75, 3.05) is 11.9 Å². The molecule has 1 atom stereocenters. The van der Waals surface area contributed by atoms with Crippen LogP contribution >= 0.6 is 0 Å². The Bertz CT molecular complexity index is 680. The van der Waals surface area contributed by atoms with Gasteiger partial charge in [-0.1, -0.05) is 6.92 Å². The van der Waals surface area contributed by atoms with Crippen LogP contribution in [0.1, 0.15) is 46.6 Å². The molecule has 6 heteroatoms. The Balaban J connectivity index is 2.10. The van der Waals surface area contributed by atoms with E-state index < -0.39 is 5.54 Å². The maximum Gasteiger partial charge on any atom is 0.319 e. The molecule has 1 heterocycles. The van der Waals surface area contributed by atoms with Crippen molar-refractivity contribution in [3.63, 3.8) is 0 Å². The molecule has 2 aromatic rings. The summed E-state index contributed by atoms with van der Waals surface area (Å²) in [4.78, 5) is 12.2. The van der Waals surface area contributed by atoms with Gasteiger partial charge in [-0.15, -0.1) is 0 Å². The van der Waals surface area contributed by atoms with Crippen molar-refractivity contribution in [2.24, 2.45) is 0 Å². The molecule has 126 valence electrons. The summed E-state index contributed by atoms with van der Waals surface area (Å²) in [6.45, 7) is 8.11. The van der Waals surface area contributed by atoms with Crippen molar-refractivity contribution in [3.05, 3.63) is 24.4 Å². The van der Waals surface area contributed by atoms with Crippen LogP contribution in [0.15, 0.2) is 24.4 Å². The lowest BCUT2D eigenvalue weighted by atomic mass is 9.95. The molecular formula is C17H26N4O2. The molecule has 0 aliphatic carbocycles. The van der Waals surface area contributed by atoms with E-state index in [1.54, 1.807) is 0 Å². The lowest BCUT2D eigenvalue weighted by molar-refractivity contribution is 0.208. The Morgan fingerprint density at radius 2 is 2.17 bits per heavy atom. The van der Waals surface area contributed by atoms with E-state index in [1.807, 2.05) is 42.9 Å². The molecule has 23 heavy (non-hydrogen) atoms. The summed E-state index contributed by atoms with van der Waals surface area (Å²) in [6.07, 6.45) is 3.25. The highest BCUT2D eigenvalue weighted by Gasteiger charge is 2.23. The summed E-state index contributed by atoms with van der Waals surface area (Å²) in [5, 5.41) is 20.4. The molecule has 0 aliphatic rings.